The van der Waals surface area contributed by atoms with Gasteiger partial charge in [-0.05, 0) is 32.8 Å². The molecule has 1 N–H and O–H groups in total. The van der Waals surface area contributed by atoms with Gasteiger partial charge in [-0.3, -0.25) is 4.79 Å². The maximum atomic E-state index is 12.7. The van der Waals surface area contributed by atoms with Crippen LogP contribution < -0.4 is 0 Å². The first kappa shape index (κ1) is 15.8. The Morgan fingerprint density at radius 1 is 1.35 bits per heavy atom. The van der Waals surface area contributed by atoms with Crippen LogP contribution in [0.2, 0.25) is 0 Å². The van der Waals surface area contributed by atoms with Gasteiger partial charge < -0.3 is 5.11 Å². The molecule has 23 heavy (non-hydrogen) atoms. The van der Waals surface area contributed by atoms with E-state index in [9.17, 15) is 13.2 Å². The predicted octanol–water partition coefficient (Wildman–Crippen LogP) is 0.226. The standard InChI is InChI=1S/C13H17N5O4S/c1-8-6-9(2)18-12(14-8)15-13(16-18)23(21,22)17-5-3-4-10(7-17)11(19)20/h6,10H,3-5,7H2,1-2H3,(H,19,20). The third-order valence-electron chi connectivity index (χ3n) is 3.90. The Hall–Kier alpha value is -2.07. The summed E-state index contributed by atoms with van der Waals surface area (Å²) in [6.45, 7) is 3.79. The summed E-state index contributed by atoms with van der Waals surface area (Å²) < 4.78 is 27.9. The number of fused-ring (bicyclic) bond motifs is 1. The largest absolute Gasteiger partial charge is 0.481 e. The van der Waals surface area contributed by atoms with Crippen molar-refractivity contribution in [1.29, 1.82) is 0 Å². The van der Waals surface area contributed by atoms with Crippen LogP contribution in [-0.4, -0.2) is 56.5 Å². The van der Waals surface area contributed by atoms with Crippen LogP contribution in [0.15, 0.2) is 11.2 Å². The third kappa shape index (κ3) is 2.79. The Morgan fingerprint density at radius 3 is 2.78 bits per heavy atom. The van der Waals surface area contributed by atoms with Crippen LogP contribution in [0, 0.1) is 19.8 Å². The van der Waals surface area contributed by atoms with Crippen molar-refractivity contribution < 1.29 is 18.3 Å². The number of aromatic nitrogens is 4. The molecule has 1 aliphatic heterocycles. The van der Waals surface area contributed by atoms with Crippen LogP contribution in [0.4, 0.5) is 0 Å². The highest BCUT2D eigenvalue weighted by Gasteiger charge is 2.35. The van der Waals surface area contributed by atoms with Crippen molar-refractivity contribution in [3.8, 4) is 0 Å². The number of sulfonamides is 1. The fraction of sp³-hybridized carbons (Fsp3) is 0.538. The van der Waals surface area contributed by atoms with E-state index in [1.54, 1.807) is 19.9 Å². The maximum Gasteiger partial charge on any atom is 0.307 e. The lowest BCUT2D eigenvalue weighted by molar-refractivity contribution is -0.142. The highest BCUT2D eigenvalue weighted by molar-refractivity contribution is 7.89. The molecule has 1 aliphatic rings. The van der Waals surface area contributed by atoms with Crippen LogP contribution in [0.5, 0.6) is 0 Å². The minimum absolute atomic E-state index is 0.0569. The molecule has 1 atom stereocenters. The Kier molecular flexibility index (Phi) is 3.80. The van der Waals surface area contributed by atoms with Gasteiger partial charge in [0.25, 0.3) is 21.0 Å². The minimum atomic E-state index is -3.93. The topological polar surface area (TPSA) is 118 Å². The number of aryl methyl sites for hydroxylation is 2. The SMILES string of the molecule is Cc1cc(C)n2nc(S(=O)(=O)N3CCCC(C(=O)O)C3)nc2n1. The van der Waals surface area contributed by atoms with Crippen molar-refractivity contribution in [1.82, 2.24) is 23.9 Å². The molecule has 0 aromatic carbocycles. The Morgan fingerprint density at radius 2 is 2.09 bits per heavy atom. The number of carboxylic acid groups (broad SMARTS) is 1. The number of hydrogen-bond acceptors (Lipinski definition) is 6. The van der Waals surface area contributed by atoms with E-state index in [1.165, 1.54) is 4.52 Å². The molecule has 0 saturated carbocycles. The Bertz CT molecular complexity index is 876. The molecule has 3 heterocycles. The molecule has 0 amide bonds. The summed E-state index contributed by atoms with van der Waals surface area (Å²) in [5.41, 5.74) is 1.44. The molecule has 0 spiro atoms. The molecule has 1 unspecified atom stereocenters. The molecule has 0 radical (unpaired) electrons. The first-order valence-electron chi connectivity index (χ1n) is 7.23. The Labute approximate surface area is 133 Å². The second-order valence-electron chi connectivity index (χ2n) is 5.69. The quantitative estimate of drug-likeness (QED) is 0.850. The highest BCUT2D eigenvalue weighted by atomic mass is 32.2. The van der Waals surface area contributed by atoms with E-state index >= 15 is 0 Å². The molecule has 10 heteroatoms. The minimum Gasteiger partial charge on any atom is -0.481 e. The average molecular weight is 339 g/mol. The van der Waals surface area contributed by atoms with Crippen LogP contribution in [0.1, 0.15) is 24.2 Å². The number of nitrogens with zero attached hydrogens (tertiary/aromatic N) is 5. The zero-order chi connectivity index (χ0) is 16.8. The van der Waals surface area contributed by atoms with E-state index in [1.807, 2.05) is 0 Å². The molecular formula is C13H17N5O4S. The van der Waals surface area contributed by atoms with Crippen molar-refractivity contribution in [2.24, 2.45) is 5.92 Å². The van der Waals surface area contributed by atoms with Crippen molar-refractivity contribution in [2.45, 2.75) is 31.8 Å². The number of aliphatic carboxylic acids is 1. The molecule has 124 valence electrons. The zero-order valence-electron chi connectivity index (χ0n) is 12.8. The first-order valence-corrected chi connectivity index (χ1v) is 8.67. The van der Waals surface area contributed by atoms with Gasteiger partial charge in [0.15, 0.2) is 0 Å². The summed E-state index contributed by atoms with van der Waals surface area (Å²) in [4.78, 5) is 19.3. The summed E-state index contributed by atoms with van der Waals surface area (Å²) in [5, 5.41) is 12.8. The predicted molar refractivity (Wildman–Crippen MR) is 79.4 cm³/mol. The molecule has 2 aromatic rings. The maximum absolute atomic E-state index is 12.7. The monoisotopic (exact) mass is 339 g/mol. The summed E-state index contributed by atoms with van der Waals surface area (Å²) in [6, 6.07) is 1.78. The van der Waals surface area contributed by atoms with E-state index in [0.717, 1.165) is 15.7 Å². The molecule has 2 aromatic heterocycles. The summed E-state index contributed by atoms with van der Waals surface area (Å²) in [5.74, 6) is -1.47. The van der Waals surface area contributed by atoms with Crippen molar-refractivity contribution in [3.05, 3.63) is 17.5 Å². The molecule has 0 bridgehead atoms. The highest BCUT2D eigenvalue weighted by Crippen LogP contribution is 2.22. The van der Waals surface area contributed by atoms with Gasteiger partial charge in [-0.2, -0.15) is 9.29 Å². The lowest BCUT2D eigenvalue weighted by Crippen LogP contribution is -2.42. The number of hydrogen-bond donors (Lipinski definition) is 1. The molecule has 1 saturated heterocycles. The first-order chi connectivity index (χ1) is 10.8. The van der Waals surface area contributed by atoms with E-state index in [-0.39, 0.29) is 24.0 Å². The second kappa shape index (κ2) is 5.53. The average Bonchev–Trinajstić information content (AvgIpc) is 2.92. The lowest BCUT2D eigenvalue weighted by Gasteiger charge is -2.28. The number of carboxylic acids is 1. The van der Waals surface area contributed by atoms with Crippen LogP contribution in [0.25, 0.3) is 5.78 Å². The van der Waals surface area contributed by atoms with E-state index < -0.39 is 21.9 Å². The van der Waals surface area contributed by atoms with Gasteiger partial charge in [-0.25, -0.2) is 17.9 Å². The summed E-state index contributed by atoms with van der Waals surface area (Å²) >= 11 is 0. The number of rotatable bonds is 3. The van der Waals surface area contributed by atoms with Gasteiger partial charge in [0.2, 0.25) is 0 Å². The van der Waals surface area contributed by atoms with Gasteiger partial charge in [-0.15, -0.1) is 5.10 Å². The number of piperidine rings is 1. The molecule has 9 nitrogen and oxygen atoms in total. The van der Waals surface area contributed by atoms with E-state index in [0.29, 0.717) is 12.8 Å². The van der Waals surface area contributed by atoms with Crippen molar-refractivity contribution in [3.63, 3.8) is 0 Å². The summed E-state index contributed by atoms with van der Waals surface area (Å²) in [6.07, 6.45) is 0.972. The van der Waals surface area contributed by atoms with Gasteiger partial charge in [-0.1, -0.05) is 0 Å². The molecule has 3 rings (SSSR count). The van der Waals surface area contributed by atoms with Gasteiger partial charge in [0, 0.05) is 24.5 Å². The van der Waals surface area contributed by atoms with Crippen LogP contribution >= 0.6 is 0 Å². The van der Waals surface area contributed by atoms with Crippen LogP contribution in [-0.2, 0) is 14.8 Å². The van der Waals surface area contributed by atoms with Crippen molar-refractivity contribution >= 4 is 21.8 Å². The van der Waals surface area contributed by atoms with Crippen molar-refractivity contribution in [2.75, 3.05) is 13.1 Å². The molecule has 0 aliphatic carbocycles. The second-order valence-corrected chi connectivity index (χ2v) is 7.52. The fourth-order valence-electron chi connectivity index (χ4n) is 2.73. The van der Waals surface area contributed by atoms with Gasteiger partial charge in [0.05, 0.1) is 5.92 Å². The summed E-state index contributed by atoms with van der Waals surface area (Å²) in [7, 11) is -3.93. The van der Waals surface area contributed by atoms with Gasteiger partial charge in [0.1, 0.15) is 0 Å². The van der Waals surface area contributed by atoms with Crippen LogP contribution in [0.3, 0.4) is 0 Å². The normalized spacial score (nSPS) is 20.0. The Balaban J connectivity index is 1.99. The third-order valence-corrected chi connectivity index (χ3v) is 5.55. The molecule has 1 fully saturated rings. The molecular weight excluding hydrogens is 322 g/mol. The smallest absolute Gasteiger partial charge is 0.307 e. The fourth-order valence-corrected chi connectivity index (χ4v) is 4.09. The number of carbonyl (C=O) groups is 1. The lowest BCUT2D eigenvalue weighted by atomic mass is 10.0. The van der Waals surface area contributed by atoms with Gasteiger partial charge >= 0.3 is 5.97 Å². The zero-order valence-corrected chi connectivity index (χ0v) is 13.6. The van der Waals surface area contributed by atoms with E-state index in [4.69, 9.17) is 5.11 Å². The van der Waals surface area contributed by atoms with E-state index in [2.05, 4.69) is 15.1 Å².